The Balaban J connectivity index is 1.71. The largest absolute Gasteiger partial charge is 0.357 e. The Kier molecular flexibility index (Phi) is 6.50. The summed E-state index contributed by atoms with van der Waals surface area (Å²) in [6.45, 7) is 13.8. The normalized spacial score (nSPS) is 21.9. The summed E-state index contributed by atoms with van der Waals surface area (Å²) in [5, 5.41) is 10.5. The van der Waals surface area contributed by atoms with Gasteiger partial charge >= 0.3 is 0 Å². The van der Waals surface area contributed by atoms with Crippen molar-refractivity contribution in [2.75, 3.05) is 32.7 Å². The van der Waals surface area contributed by atoms with E-state index in [0.717, 1.165) is 31.6 Å². The molecule has 1 aliphatic heterocycles. The number of rotatable bonds is 6. The number of likely N-dealkylation sites (tertiary alicyclic amines) is 1. The van der Waals surface area contributed by atoms with Crippen LogP contribution in [0.4, 0.5) is 0 Å². The van der Waals surface area contributed by atoms with Crippen LogP contribution in [0, 0.1) is 0 Å². The first-order valence-electron chi connectivity index (χ1n) is 9.02. The number of nitrogens with zero attached hydrogens (tertiary/aromatic N) is 2. The van der Waals surface area contributed by atoms with Crippen molar-refractivity contribution in [3.63, 3.8) is 0 Å². The topological polar surface area (TPSA) is 51.7 Å². The molecule has 1 saturated heterocycles. The molecule has 5 heteroatoms. The molecule has 22 heavy (non-hydrogen) atoms. The molecule has 0 aromatic heterocycles. The molecule has 128 valence electrons. The lowest BCUT2D eigenvalue weighted by atomic mass is 10.1. The highest BCUT2D eigenvalue weighted by atomic mass is 15.2. The lowest BCUT2D eigenvalue weighted by Gasteiger charge is -2.33. The molecule has 0 bridgehead atoms. The number of guanidine groups is 1. The standard InChI is InChI=1S/C17H35N5/c1-5-18-16(19-10-11-20-17(2,3)4)21-14-8-12-22(13-9-14)15-6-7-15/h14-15,20H,5-13H2,1-4H3,(H2,18,19,21). The van der Waals surface area contributed by atoms with E-state index in [1.54, 1.807) is 0 Å². The van der Waals surface area contributed by atoms with E-state index >= 15 is 0 Å². The zero-order valence-corrected chi connectivity index (χ0v) is 14.9. The lowest BCUT2D eigenvalue weighted by molar-refractivity contribution is 0.197. The molecule has 2 fully saturated rings. The van der Waals surface area contributed by atoms with E-state index < -0.39 is 0 Å². The number of nitrogens with one attached hydrogen (secondary N) is 3. The van der Waals surface area contributed by atoms with E-state index in [-0.39, 0.29) is 5.54 Å². The van der Waals surface area contributed by atoms with E-state index in [4.69, 9.17) is 4.99 Å². The Hall–Kier alpha value is -0.810. The molecule has 0 spiro atoms. The SMILES string of the molecule is CCNC(=NCCNC(C)(C)C)NC1CCN(C2CC2)CC1. The van der Waals surface area contributed by atoms with Crippen LogP contribution in [0.25, 0.3) is 0 Å². The van der Waals surface area contributed by atoms with Gasteiger partial charge in [0.05, 0.1) is 6.54 Å². The van der Waals surface area contributed by atoms with Crippen LogP contribution in [0.5, 0.6) is 0 Å². The van der Waals surface area contributed by atoms with Gasteiger partial charge in [-0.05, 0) is 53.4 Å². The Morgan fingerprint density at radius 2 is 1.82 bits per heavy atom. The van der Waals surface area contributed by atoms with Crippen LogP contribution in [0.1, 0.15) is 53.4 Å². The van der Waals surface area contributed by atoms with Gasteiger partial charge in [-0.3, -0.25) is 4.99 Å². The summed E-state index contributed by atoms with van der Waals surface area (Å²) >= 11 is 0. The second kappa shape index (κ2) is 8.16. The van der Waals surface area contributed by atoms with Crippen LogP contribution < -0.4 is 16.0 Å². The zero-order valence-electron chi connectivity index (χ0n) is 14.9. The quantitative estimate of drug-likeness (QED) is 0.396. The molecule has 5 nitrogen and oxygen atoms in total. The molecular weight excluding hydrogens is 274 g/mol. The highest BCUT2D eigenvalue weighted by Gasteiger charge is 2.31. The van der Waals surface area contributed by atoms with Crippen LogP contribution in [0.3, 0.4) is 0 Å². The summed E-state index contributed by atoms with van der Waals surface area (Å²) in [6, 6.07) is 1.48. The molecule has 2 aliphatic rings. The van der Waals surface area contributed by atoms with Crippen molar-refractivity contribution in [1.29, 1.82) is 0 Å². The van der Waals surface area contributed by atoms with E-state index in [9.17, 15) is 0 Å². The van der Waals surface area contributed by atoms with Crippen LogP contribution in [0.15, 0.2) is 4.99 Å². The van der Waals surface area contributed by atoms with Crippen LogP contribution in [-0.2, 0) is 0 Å². The Bertz CT molecular complexity index is 349. The van der Waals surface area contributed by atoms with E-state index in [0.29, 0.717) is 6.04 Å². The molecule has 3 N–H and O–H groups in total. The van der Waals surface area contributed by atoms with Gasteiger partial charge in [0.2, 0.25) is 0 Å². The third kappa shape index (κ3) is 6.53. The first-order chi connectivity index (χ1) is 10.5. The van der Waals surface area contributed by atoms with Gasteiger partial charge in [-0.1, -0.05) is 0 Å². The van der Waals surface area contributed by atoms with Crippen molar-refractivity contribution in [3.05, 3.63) is 0 Å². The smallest absolute Gasteiger partial charge is 0.191 e. The summed E-state index contributed by atoms with van der Waals surface area (Å²) in [5.41, 5.74) is 0.164. The molecular formula is C17H35N5. The highest BCUT2D eigenvalue weighted by Crippen LogP contribution is 2.29. The van der Waals surface area contributed by atoms with Gasteiger partial charge in [0.25, 0.3) is 0 Å². The lowest BCUT2D eigenvalue weighted by Crippen LogP contribution is -2.49. The maximum absolute atomic E-state index is 4.70. The third-order valence-corrected chi connectivity index (χ3v) is 4.31. The third-order valence-electron chi connectivity index (χ3n) is 4.31. The zero-order chi connectivity index (χ0) is 16.0. The Morgan fingerprint density at radius 1 is 1.14 bits per heavy atom. The average Bonchev–Trinajstić information content (AvgIpc) is 3.28. The maximum Gasteiger partial charge on any atom is 0.191 e. The summed E-state index contributed by atoms with van der Waals surface area (Å²) in [4.78, 5) is 7.36. The fourth-order valence-electron chi connectivity index (χ4n) is 2.96. The molecule has 0 atom stereocenters. The fourth-order valence-corrected chi connectivity index (χ4v) is 2.96. The van der Waals surface area contributed by atoms with E-state index in [1.807, 2.05) is 0 Å². The summed E-state index contributed by atoms with van der Waals surface area (Å²) in [7, 11) is 0. The summed E-state index contributed by atoms with van der Waals surface area (Å²) in [5.74, 6) is 0.975. The Labute approximate surface area is 136 Å². The minimum absolute atomic E-state index is 0.164. The van der Waals surface area contributed by atoms with Gasteiger partial charge in [0, 0.05) is 43.8 Å². The predicted molar refractivity (Wildman–Crippen MR) is 94.5 cm³/mol. The molecule has 1 heterocycles. The van der Waals surface area contributed by atoms with Crippen molar-refractivity contribution in [3.8, 4) is 0 Å². The molecule has 0 unspecified atom stereocenters. The van der Waals surface area contributed by atoms with Crippen molar-refractivity contribution < 1.29 is 0 Å². The van der Waals surface area contributed by atoms with Gasteiger partial charge in [0.15, 0.2) is 5.96 Å². The van der Waals surface area contributed by atoms with Gasteiger partial charge in [-0.2, -0.15) is 0 Å². The molecule has 0 radical (unpaired) electrons. The van der Waals surface area contributed by atoms with Gasteiger partial charge in [-0.15, -0.1) is 0 Å². The number of piperidine rings is 1. The predicted octanol–water partition coefficient (Wildman–Crippen LogP) is 1.56. The number of hydrogen-bond acceptors (Lipinski definition) is 3. The van der Waals surface area contributed by atoms with Crippen LogP contribution >= 0.6 is 0 Å². The minimum atomic E-state index is 0.164. The van der Waals surface area contributed by atoms with Crippen LogP contribution in [-0.4, -0.2) is 61.2 Å². The molecule has 2 rings (SSSR count). The van der Waals surface area contributed by atoms with Crippen molar-refractivity contribution >= 4 is 5.96 Å². The van der Waals surface area contributed by atoms with Crippen molar-refractivity contribution in [2.45, 2.75) is 71.0 Å². The van der Waals surface area contributed by atoms with Crippen molar-refractivity contribution in [2.24, 2.45) is 4.99 Å². The maximum atomic E-state index is 4.70. The molecule has 0 aromatic carbocycles. The molecule has 0 amide bonds. The molecule has 0 aromatic rings. The van der Waals surface area contributed by atoms with Gasteiger partial charge in [0.1, 0.15) is 0 Å². The van der Waals surface area contributed by atoms with Gasteiger partial charge < -0.3 is 20.9 Å². The fraction of sp³-hybridized carbons (Fsp3) is 0.941. The van der Waals surface area contributed by atoms with Crippen LogP contribution in [0.2, 0.25) is 0 Å². The average molecular weight is 310 g/mol. The highest BCUT2D eigenvalue weighted by molar-refractivity contribution is 5.80. The first-order valence-corrected chi connectivity index (χ1v) is 9.02. The number of hydrogen-bond donors (Lipinski definition) is 3. The molecule has 1 saturated carbocycles. The van der Waals surface area contributed by atoms with Gasteiger partial charge in [-0.25, -0.2) is 0 Å². The second-order valence-corrected chi connectivity index (χ2v) is 7.62. The minimum Gasteiger partial charge on any atom is -0.357 e. The summed E-state index contributed by atoms with van der Waals surface area (Å²) < 4.78 is 0. The Morgan fingerprint density at radius 3 is 2.36 bits per heavy atom. The first kappa shape index (κ1) is 17.5. The van der Waals surface area contributed by atoms with Crippen molar-refractivity contribution in [1.82, 2.24) is 20.9 Å². The monoisotopic (exact) mass is 309 g/mol. The molecule has 1 aliphatic carbocycles. The van der Waals surface area contributed by atoms with E-state index in [2.05, 4.69) is 48.5 Å². The summed E-state index contributed by atoms with van der Waals surface area (Å²) in [6.07, 6.45) is 5.31. The van der Waals surface area contributed by atoms with E-state index in [1.165, 1.54) is 38.8 Å². The number of aliphatic imine (C=N–C) groups is 1. The second-order valence-electron chi connectivity index (χ2n) is 7.62.